The largest absolute Gasteiger partial charge is 0.323 e. The molecule has 0 bridgehead atoms. The van der Waals surface area contributed by atoms with Gasteiger partial charge in [0.2, 0.25) is 0 Å². The van der Waals surface area contributed by atoms with Crippen LogP contribution >= 0.6 is 0 Å². The molecule has 4 heteroatoms. The summed E-state index contributed by atoms with van der Waals surface area (Å²) in [6.45, 7) is 4.16. The molecule has 2 amide bonds. The number of urea groups is 1. The van der Waals surface area contributed by atoms with Gasteiger partial charge < -0.3 is 15.1 Å². The van der Waals surface area contributed by atoms with Gasteiger partial charge in [0.25, 0.3) is 0 Å². The maximum atomic E-state index is 12.4. The van der Waals surface area contributed by atoms with Crippen LogP contribution < -0.4 is 5.32 Å². The van der Waals surface area contributed by atoms with Crippen LogP contribution in [0.25, 0.3) is 0 Å². The van der Waals surface area contributed by atoms with E-state index in [1.807, 2.05) is 11.9 Å². The molecule has 3 rings (SSSR count). The Kier molecular flexibility index (Phi) is 3.96. The molecule has 2 aliphatic heterocycles. The van der Waals surface area contributed by atoms with Crippen molar-refractivity contribution < 1.29 is 4.79 Å². The minimum absolute atomic E-state index is 0.266. The number of nitrogens with zero attached hydrogens (tertiary/aromatic N) is 2. The van der Waals surface area contributed by atoms with Gasteiger partial charge in [0.1, 0.15) is 0 Å². The summed E-state index contributed by atoms with van der Waals surface area (Å²) >= 11 is 0. The third-order valence-electron chi connectivity index (χ3n) is 5.30. The predicted octanol–water partition coefficient (Wildman–Crippen LogP) is 1.91. The Morgan fingerprint density at radius 1 is 1.21 bits per heavy atom. The average molecular weight is 265 g/mol. The molecule has 0 radical (unpaired) electrons. The van der Waals surface area contributed by atoms with E-state index < -0.39 is 0 Å². The number of hydrogen-bond donors (Lipinski definition) is 1. The fraction of sp³-hybridized carbons (Fsp3) is 0.933. The van der Waals surface area contributed by atoms with Gasteiger partial charge in [0, 0.05) is 20.1 Å². The third kappa shape index (κ3) is 2.73. The lowest BCUT2D eigenvalue weighted by Gasteiger charge is -2.27. The molecule has 0 spiro atoms. The molecule has 3 aliphatic rings. The number of hydrogen-bond acceptors (Lipinski definition) is 2. The van der Waals surface area contributed by atoms with Gasteiger partial charge in [-0.1, -0.05) is 12.8 Å². The molecule has 2 atom stereocenters. The van der Waals surface area contributed by atoms with Crippen molar-refractivity contribution in [1.82, 2.24) is 15.1 Å². The fourth-order valence-corrected chi connectivity index (χ4v) is 4.14. The minimum atomic E-state index is 0.266. The second-order valence-corrected chi connectivity index (χ2v) is 6.62. The second-order valence-electron chi connectivity index (χ2n) is 6.62. The zero-order valence-corrected chi connectivity index (χ0v) is 12.1. The molecule has 2 unspecified atom stereocenters. The lowest BCUT2D eigenvalue weighted by Crippen LogP contribution is -2.39. The van der Waals surface area contributed by atoms with Crippen molar-refractivity contribution in [3.8, 4) is 0 Å². The lowest BCUT2D eigenvalue weighted by molar-refractivity contribution is 0.182. The van der Waals surface area contributed by atoms with E-state index >= 15 is 0 Å². The number of rotatable bonds is 3. The molecule has 108 valence electrons. The van der Waals surface area contributed by atoms with E-state index in [1.165, 1.54) is 38.5 Å². The van der Waals surface area contributed by atoms with Gasteiger partial charge in [-0.15, -0.1) is 0 Å². The van der Waals surface area contributed by atoms with Crippen LogP contribution in [0.2, 0.25) is 0 Å². The maximum absolute atomic E-state index is 12.4. The molecule has 0 aromatic rings. The first kappa shape index (κ1) is 13.2. The summed E-state index contributed by atoms with van der Waals surface area (Å²) in [6, 6.07) is 0.744. The molecule has 19 heavy (non-hydrogen) atoms. The van der Waals surface area contributed by atoms with E-state index in [-0.39, 0.29) is 6.03 Å². The molecule has 3 fully saturated rings. The summed E-state index contributed by atoms with van der Waals surface area (Å²) in [5.41, 5.74) is 0. The highest BCUT2D eigenvalue weighted by molar-refractivity contribution is 5.77. The predicted molar refractivity (Wildman–Crippen MR) is 76.1 cm³/mol. The van der Waals surface area contributed by atoms with E-state index in [1.54, 1.807) is 0 Å². The van der Waals surface area contributed by atoms with Crippen molar-refractivity contribution in [1.29, 1.82) is 0 Å². The van der Waals surface area contributed by atoms with Crippen molar-refractivity contribution >= 4 is 6.03 Å². The summed E-state index contributed by atoms with van der Waals surface area (Å²) in [4.78, 5) is 16.5. The highest BCUT2D eigenvalue weighted by Crippen LogP contribution is 2.33. The Bertz CT molecular complexity index is 321. The number of piperidine rings is 1. The zero-order chi connectivity index (χ0) is 13.2. The molecule has 1 saturated carbocycles. The summed E-state index contributed by atoms with van der Waals surface area (Å²) in [5, 5.41) is 3.45. The van der Waals surface area contributed by atoms with E-state index in [4.69, 9.17) is 0 Å². The first-order valence-electron chi connectivity index (χ1n) is 7.98. The molecule has 0 aromatic heterocycles. The lowest BCUT2D eigenvalue weighted by atomic mass is 9.97. The van der Waals surface area contributed by atoms with Crippen LogP contribution in [0.1, 0.15) is 38.5 Å². The highest BCUT2D eigenvalue weighted by atomic mass is 16.2. The summed E-state index contributed by atoms with van der Waals surface area (Å²) in [7, 11) is 2.00. The van der Waals surface area contributed by atoms with Crippen molar-refractivity contribution in [2.45, 2.75) is 44.6 Å². The van der Waals surface area contributed by atoms with Crippen molar-refractivity contribution in [3.63, 3.8) is 0 Å². The molecular weight excluding hydrogens is 238 g/mol. The van der Waals surface area contributed by atoms with Gasteiger partial charge in [0.05, 0.1) is 6.04 Å². The summed E-state index contributed by atoms with van der Waals surface area (Å²) in [5.74, 6) is 1.41. The van der Waals surface area contributed by atoms with Gasteiger partial charge in [-0.25, -0.2) is 4.79 Å². The van der Waals surface area contributed by atoms with E-state index in [0.717, 1.165) is 32.1 Å². The van der Waals surface area contributed by atoms with Crippen LogP contribution in [-0.2, 0) is 0 Å². The van der Waals surface area contributed by atoms with E-state index in [0.29, 0.717) is 12.0 Å². The Morgan fingerprint density at radius 2 is 2.00 bits per heavy atom. The fourth-order valence-electron chi connectivity index (χ4n) is 4.14. The standard InChI is InChI=1S/C15H27N3O/c1-17-14(13-6-2-3-7-13)11-18(15(17)19)10-12-5-4-8-16-9-12/h12-14,16H,2-11H2,1H3. The SMILES string of the molecule is CN1C(=O)N(CC2CCCNC2)CC1C1CCCC1. The van der Waals surface area contributed by atoms with Crippen molar-refractivity contribution in [2.75, 3.05) is 33.2 Å². The average Bonchev–Trinajstić information content (AvgIpc) is 3.04. The molecule has 2 saturated heterocycles. The molecular formula is C15H27N3O. The van der Waals surface area contributed by atoms with Gasteiger partial charge in [0.15, 0.2) is 0 Å². The quantitative estimate of drug-likeness (QED) is 0.846. The molecule has 1 aliphatic carbocycles. The minimum Gasteiger partial charge on any atom is -0.323 e. The van der Waals surface area contributed by atoms with E-state index in [2.05, 4.69) is 10.2 Å². The Balaban J connectivity index is 1.58. The smallest absolute Gasteiger partial charge is 0.320 e. The van der Waals surface area contributed by atoms with Crippen molar-refractivity contribution in [3.05, 3.63) is 0 Å². The third-order valence-corrected chi connectivity index (χ3v) is 5.30. The number of nitrogens with one attached hydrogen (secondary N) is 1. The van der Waals surface area contributed by atoms with Gasteiger partial charge >= 0.3 is 6.03 Å². The topological polar surface area (TPSA) is 35.6 Å². The van der Waals surface area contributed by atoms with Gasteiger partial charge in [-0.3, -0.25) is 0 Å². The normalized spacial score (nSPS) is 33.4. The number of likely N-dealkylation sites (N-methyl/N-ethyl adjacent to an activating group) is 1. The van der Waals surface area contributed by atoms with Crippen LogP contribution in [0.5, 0.6) is 0 Å². The monoisotopic (exact) mass is 265 g/mol. The Hall–Kier alpha value is -0.770. The van der Waals surface area contributed by atoms with E-state index in [9.17, 15) is 4.79 Å². The zero-order valence-electron chi connectivity index (χ0n) is 12.1. The highest BCUT2D eigenvalue weighted by Gasteiger charge is 2.40. The van der Waals surface area contributed by atoms with Gasteiger partial charge in [-0.05, 0) is 50.6 Å². The van der Waals surface area contributed by atoms with Crippen LogP contribution in [0.15, 0.2) is 0 Å². The second kappa shape index (κ2) is 5.70. The summed E-state index contributed by atoms with van der Waals surface area (Å²) in [6.07, 6.45) is 7.89. The Morgan fingerprint density at radius 3 is 2.68 bits per heavy atom. The first-order chi connectivity index (χ1) is 9.25. The van der Waals surface area contributed by atoms with Crippen LogP contribution in [0.3, 0.4) is 0 Å². The number of amides is 2. The van der Waals surface area contributed by atoms with Crippen LogP contribution in [0.4, 0.5) is 4.79 Å². The first-order valence-corrected chi connectivity index (χ1v) is 7.98. The van der Waals surface area contributed by atoms with Crippen molar-refractivity contribution in [2.24, 2.45) is 11.8 Å². The Labute approximate surface area is 116 Å². The van der Waals surface area contributed by atoms with Crippen LogP contribution in [0, 0.1) is 11.8 Å². The molecule has 0 aromatic carbocycles. The molecule has 1 N–H and O–H groups in total. The number of carbonyl (C=O) groups is 1. The number of carbonyl (C=O) groups excluding carboxylic acids is 1. The molecule has 4 nitrogen and oxygen atoms in total. The maximum Gasteiger partial charge on any atom is 0.320 e. The molecule has 2 heterocycles. The van der Waals surface area contributed by atoms with Gasteiger partial charge in [-0.2, -0.15) is 0 Å². The summed E-state index contributed by atoms with van der Waals surface area (Å²) < 4.78 is 0. The van der Waals surface area contributed by atoms with Crippen LogP contribution in [-0.4, -0.2) is 55.1 Å².